The molecular weight excluding hydrogens is 406 g/mol. The van der Waals surface area contributed by atoms with Crippen LogP contribution in [-0.2, 0) is 0 Å². The molecule has 0 saturated carbocycles. The lowest BCUT2D eigenvalue weighted by Gasteiger charge is -2.44. The Morgan fingerprint density at radius 1 is 0.880 bits per heavy atom. The van der Waals surface area contributed by atoms with Crippen molar-refractivity contribution in [2.24, 2.45) is 0 Å². The molecule has 1 aromatic carbocycles. The molecular formula is C21H28BrNSSi. The lowest BCUT2D eigenvalue weighted by Crippen LogP contribution is -2.51. The van der Waals surface area contributed by atoms with Gasteiger partial charge in [-0.1, -0.05) is 59.7 Å². The molecule has 0 aliphatic carbocycles. The van der Waals surface area contributed by atoms with Gasteiger partial charge >= 0.3 is 0 Å². The van der Waals surface area contributed by atoms with Gasteiger partial charge in [0, 0.05) is 27.5 Å². The molecule has 0 aliphatic rings. The maximum Gasteiger partial charge on any atom is 0.169 e. The van der Waals surface area contributed by atoms with E-state index in [1.165, 1.54) is 25.1 Å². The van der Waals surface area contributed by atoms with Gasteiger partial charge in [0.05, 0.1) is 3.79 Å². The summed E-state index contributed by atoms with van der Waals surface area (Å²) < 4.78 is 3.92. The third-order valence-corrected chi connectivity index (χ3v) is 14.2. The monoisotopic (exact) mass is 433 g/mol. The first-order valence-electron chi connectivity index (χ1n) is 9.16. The molecule has 3 aromatic rings. The zero-order valence-corrected chi connectivity index (χ0v) is 19.4. The van der Waals surface area contributed by atoms with Crippen LogP contribution in [0, 0.1) is 0 Å². The van der Waals surface area contributed by atoms with Crippen LogP contribution in [0.3, 0.4) is 0 Å². The number of benzene rings is 1. The second-order valence-corrected chi connectivity index (χ2v) is 16.1. The molecule has 0 radical (unpaired) electrons. The normalized spacial score (nSPS) is 12.9. The van der Waals surface area contributed by atoms with E-state index in [-0.39, 0.29) is 0 Å². The molecule has 25 heavy (non-hydrogen) atoms. The Kier molecular flexibility index (Phi) is 5.34. The molecule has 1 nitrogen and oxygen atoms in total. The molecule has 0 atom stereocenters. The van der Waals surface area contributed by atoms with Crippen LogP contribution in [0.4, 0.5) is 0 Å². The number of rotatable bonds is 5. The summed E-state index contributed by atoms with van der Waals surface area (Å²) in [5.41, 5.74) is 4.85. The Morgan fingerprint density at radius 2 is 1.48 bits per heavy atom. The summed E-state index contributed by atoms with van der Waals surface area (Å²) in [6.45, 7) is 14.6. The number of para-hydroxylation sites is 1. The number of thiophene rings is 1. The third kappa shape index (κ3) is 2.96. The Hall–Kier alpha value is -0.843. The van der Waals surface area contributed by atoms with Crippen LogP contribution in [0.5, 0.6) is 0 Å². The second kappa shape index (κ2) is 7.05. The largest absolute Gasteiger partial charge is 0.373 e. The molecule has 0 fully saturated rings. The fourth-order valence-corrected chi connectivity index (χ4v) is 13.0. The highest BCUT2D eigenvalue weighted by atomic mass is 79.9. The van der Waals surface area contributed by atoms with E-state index in [0.29, 0.717) is 16.6 Å². The van der Waals surface area contributed by atoms with Gasteiger partial charge in [-0.2, -0.15) is 0 Å². The van der Waals surface area contributed by atoms with Crippen molar-refractivity contribution in [2.75, 3.05) is 0 Å². The van der Waals surface area contributed by atoms with Crippen LogP contribution in [0.15, 0.2) is 46.4 Å². The molecule has 2 heterocycles. The maximum absolute atomic E-state index is 3.63. The zero-order valence-electron chi connectivity index (χ0n) is 16.0. The van der Waals surface area contributed by atoms with E-state index in [0.717, 1.165) is 0 Å². The van der Waals surface area contributed by atoms with Crippen molar-refractivity contribution in [3.8, 4) is 10.4 Å². The van der Waals surface area contributed by atoms with E-state index in [2.05, 4.69) is 104 Å². The Bertz CT molecular complexity index is 853. The minimum atomic E-state index is -1.76. The fourth-order valence-electron chi connectivity index (χ4n) is 4.99. The molecule has 0 bridgehead atoms. The molecule has 3 rings (SSSR count). The van der Waals surface area contributed by atoms with Gasteiger partial charge in [0.2, 0.25) is 0 Å². The fraction of sp³-hybridized carbons (Fsp3) is 0.429. The van der Waals surface area contributed by atoms with E-state index < -0.39 is 8.24 Å². The van der Waals surface area contributed by atoms with Crippen molar-refractivity contribution in [2.45, 2.75) is 58.2 Å². The highest BCUT2D eigenvalue weighted by molar-refractivity contribution is 9.11. The summed E-state index contributed by atoms with van der Waals surface area (Å²) >= 11 is 5.45. The Labute approximate surface area is 165 Å². The minimum Gasteiger partial charge on any atom is -0.373 e. The quantitative estimate of drug-likeness (QED) is 0.357. The van der Waals surface area contributed by atoms with E-state index >= 15 is 0 Å². The van der Waals surface area contributed by atoms with E-state index in [9.17, 15) is 0 Å². The van der Waals surface area contributed by atoms with Gasteiger partial charge in [-0.15, -0.1) is 11.3 Å². The number of aromatic nitrogens is 1. The minimum absolute atomic E-state index is 0.686. The molecule has 0 spiro atoms. The van der Waals surface area contributed by atoms with Crippen LogP contribution >= 0.6 is 27.3 Å². The van der Waals surface area contributed by atoms with Crippen molar-refractivity contribution in [1.82, 2.24) is 4.23 Å². The average molecular weight is 435 g/mol. The SMILES string of the molecule is CC(C)[Si](C(C)C)(C(C)C)n1cc(-c2ccc(Br)s2)c2ccccc21. The van der Waals surface area contributed by atoms with Crippen molar-refractivity contribution >= 4 is 46.4 Å². The Balaban J connectivity index is 2.36. The van der Waals surface area contributed by atoms with Gasteiger partial charge in [0.1, 0.15) is 0 Å². The summed E-state index contributed by atoms with van der Waals surface area (Å²) in [6, 6.07) is 13.4. The molecule has 0 aliphatic heterocycles. The van der Waals surface area contributed by atoms with E-state index in [1.54, 1.807) is 0 Å². The van der Waals surface area contributed by atoms with E-state index in [1.807, 2.05) is 11.3 Å². The average Bonchev–Trinajstić information content (AvgIpc) is 3.11. The van der Waals surface area contributed by atoms with Gasteiger partial charge in [-0.3, -0.25) is 0 Å². The molecule has 134 valence electrons. The van der Waals surface area contributed by atoms with Crippen molar-refractivity contribution in [3.05, 3.63) is 46.4 Å². The predicted molar refractivity (Wildman–Crippen MR) is 119 cm³/mol. The Morgan fingerprint density at radius 3 is 2.00 bits per heavy atom. The predicted octanol–water partition coefficient (Wildman–Crippen LogP) is 8.16. The maximum atomic E-state index is 3.63. The molecule has 0 unspecified atom stereocenters. The number of halogens is 1. The second-order valence-electron chi connectivity index (χ2n) is 7.89. The zero-order chi connectivity index (χ0) is 18.4. The van der Waals surface area contributed by atoms with Gasteiger partial charge in [0.25, 0.3) is 0 Å². The number of nitrogens with zero attached hydrogens (tertiary/aromatic N) is 1. The van der Waals surface area contributed by atoms with Gasteiger partial charge in [-0.25, -0.2) is 0 Å². The third-order valence-electron chi connectivity index (χ3n) is 5.74. The van der Waals surface area contributed by atoms with Crippen molar-refractivity contribution in [3.63, 3.8) is 0 Å². The van der Waals surface area contributed by atoms with Gasteiger partial charge < -0.3 is 4.23 Å². The first-order chi connectivity index (χ1) is 11.8. The van der Waals surface area contributed by atoms with Crippen LogP contribution < -0.4 is 0 Å². The summed E-state index contributed by atoms with van der Waals surface area (Å²) in [4.78, 5) is 1.35. The lowest BCUT2D eigenvalue weighted by molar-refractivity contribution is 0.773. The summed E-state index contributed by atoms with van der Waals surface area (Å²) in [7, 11) is -1.76. The molecule has 0 N–H and O–H groups in total. The highest BCUT2D eigenvalue weighted by Crippen LogP contribution is 2.46. The summed E-state index contributed by atoms with van der Waals surface area (Å²) in [5.74, 6) is 0. The molecule has 2 aromatic heterocycles. The number of hydrogen-bond donors (Lipinski definition) is 0. The first-order valence-corrected chi connectivity index (χ1v) is 12.9. The van der Waals surface area contributed by atoms with Crippen molar-refractivity contribution < 1.29 is 0 Å². The smallest absolute Gasteiger partial charge is 0.169 e. The highest BCUT2D eigenvalue weighted by Gasteiger charge is 2.46. The molecule has 0 amide bonds. The molecule has 4 heteroatoms. The van der Waals surface area contributed by atoms with Crippen LogP contribution in [-0.4, -0.2) is 12.5 Å². The molecule has 0 saturated heterocycles. The summed E-state index contributed by atoms with van der Waals surface area (Å²) in [6.07, 6.45) is 2.47. The lowest BCUT2D eigenvalue weighted by atomic mass is 10.1. The number of hydrogen-bond acceptors (Lipinski definition) is 1. The van der Waals surface area contributed by atoms with Crippen LogP contribution in [0.2, 0.25) is 16.6 Å². The van der Waals surface area contributed by atoms with Crippen LogP contribution in [0.25, 0.3) is 21.3 Å². The first kappa shape index (κ1) is 18.9. The van der Waals surface area contributed by atoms with Gasteiger partial charge in [0.15, 0.2) is 8.24 Å². The van der Waals surface area contributed by atoms with Crippen molar-refractivity contribution in [1.29, 1.82) is 0 Å². The summed E-state index contributed by atoms with van der Waals surface area (Å²) in [5, 5.41) is 1.38. The topological polar surface area (TPSA) is 4.93 Å². The number of fused-ring (bicyclic) bond motifs is 1. The van der Waals surface area contributed by atoms with Crippen LogP contribution in [0.1, 0.15) is 41.5 Å². The van der Waals surface area contributed by atoms with Gasteiger partial charge in [-0.05, 0) is 50.8 Å². The standard InChI is InChI=1S/C21H28BrNSSi/c1-14(2)25(15(3)4,16(5)6)23-13-18(20-11-12-21(22)24-20)17-9-7-8-10-19(17)23/h7-16H,1-6H3. The van der Waals surface area contributed by atoms with E-state index in [4.69, 9.17) is 0 Å².